The lowest BCUT2D eigenvalue weighted by molar-refractivity contribution is 0.126. The van der Waals surface area contributed by atoms with E-state index in [0.29, 0.717) is 5.92 Å². The lowest BCUT2D eigenvalue weighted by atomic mass is 9.72. The number of rotatable bonds is 4. The van der Waals surface area contributed by atoms with Crippen molar-refractivity contribution in [1.82, 2.24) is 0 Å². The summed E-state index contributed by atoms with van der Waals surface area (Å²) in [4.78, 5) is 0. The van der Waals surface area contributed by atoms with Gasteiger partial charge in [0, 0.05) is 5.69 Å². The Hall–Kier alpha value is -1.02. The van der Waals surface area contributed by atoms with Crippen molar-refractivity contribution in [3.63, 3.8) is 0 Å². The minimum Gasteiger partial charge on any atom is -0.394 e. The van der Waals surface area contributed by atoms with Crippen molar-refractivity contribution in [1.29, 1.82) is 0 Å². The second kappa shape index (κ2) is 5.75. The zero-order valence-electron chi connectivity index (χ0n) is 11.5. The van der Waals surface area contributed by atoms with Crippen LogP contribution in [0.25, 0.3) is 0 Å². The number of nitrogens with one attached hydrogen (secondary N) is 1. The molecule has 1 aromatic carbocycles. The monoisotopic (exact) mass is 247 g/mol. The zero-order valence-corrected chi connectivity index (χ0v) is 11.5. The molecule has 18 heavy (non-hydrogen) atoms. The third-order valence-electron chi connectivity index (χ3n) is 4.31. The summed E-state index contributed by atoms with van der Waals surface area (Å²) in [6, 6.07) is 10.3. The summed E-state index contributed by atoms with van der Waals surface area (Å²) in [6.45, 7) is 4.81. The first-order valence-corrected chi connectivity index (χ1v) is 7.09. The Morgan fingerprint density at radius 2 is 2.06 bits per heavy atom. The van der Waals surface area contributed by atoms with Gasteiger partial charge in [-0.05, 0) is 36.8 Å². The molecule has 1 fully saturated rings. The molecule has 2 unspecified atom stereocenters. The Balaban J connectivity index is 2.10. The Labute approximate surface area is 110 Å². The van der Waals surface area contributed by atoms with E-state index in [9.17, 15) is 5.11 Å². The third-order valence-corrected chi connectivity index (χ3v) is 4.31. The SMILES string of the molecule is CC(C)C1CCCC(CO)(Nc2ccccc2)C1. The van der Waals surface area contributed by atoms with Crippen LogP contribution in [-0.4, -0.2) is 17.3 Å². The fourth-order valence-corrected chi connectivity index (χ4v) is 3.10. The average Bonchev–Trinajstić information content (AvgIpc) is 2.40. The first-order chi connectivity index (χ1) is 8.65. The van der Waals surface area contributed by atoms with Crippen LogP contribution in [0.15, 0.2) is 30.3 Å². The van der Waals surface area contributed by atoms with Crippen LogP contribution in [0.5, 0.6) is 0 Å². The molecule has 0 aliphatic heterocycles. The second-order valence-corrected chi connectivity index (χ2v) is 6.03. The normalized spacial score (nSPS) is 28.3. The molecule has 0 aromatic heterocycles. The van der Waals surface area contributed by atoms with E-state index in [1.807, 2.05) is 18.2 Å². The molecule has 2 rings (SSSR count). The minimum atomic E-state index is -0.117. The lowest BCUT2D eigenvalue weighted by Gasteiger charge is -2.42. The fraction of sp³-hybridized carbons (Fsp3) is 0.625. The molecule has 2 N–H and O–H groups in total. The number of hydrogen-bond acceptors (Lipinski definition) is 2. The first-order valence-electron chi connectivity index (χ1n) is 7.09. The topological polar surface area (TPSA) is 32.3 Å². The number of aliphatic hydroxyl groups excluding tert-OH is 1. The Kier molecular flexibility index (Phi) is 4.28. The third kappa shape index (κ3) is 3.05. The molecule has 1 saturated carbocycles. The maximum atomic E-state index is 9.84. The number of benzene rings is 1. The molecule has 2 atom stereocenters. The summed E-state index contributed by atoms with van der Waals surface area (Å²) in [5, 5.41) is 13.4. The number of para-hydroxylation sites is 1. The molecular weight excluding hydrogens is 222 g/mol. The molecule has 0 saturated heterocycles. The lowest BCUT2D eigenvalue weighted by Crippen LogP contribution is -2.47. The molecule has 1 aromatic rings. The predicted octanol–water partition coefficient (Wildman–Crippen LogP) is 3.68. The summed E-state index contributed by atoms with van der Waals surface area (Å²) in [5.41, 5.74) is 1.00. The maximum absolute atomic E-state index is 9.84. The van der Waals surface area contributed by atoms with Gasteiger partial charge in [-0.1, -0.05) is 44.9 Å². The fourth-order valence-electron chi connectivity index (χ4n) is 3.10. The molecule has 0 radical (unpaired) electrons. The van der Waals surface area contributed by atoms with Crippen LogP contribution in [0.1, 0.15) is 39.5 Å². The Bertz CT molecular complexity index is 363. The van der Waals surface area contributed by atoms with Crippen LogP contribution < -0.4 is 5.32 Å². The van der Waals surface area contributed by atoms with Gasteiger partial charge in [-0.15, -0.1) is 0 Å². The molecule has 0 bridgehead atoms. The standard InChI is InChI=1S/C16H25NO/c1-13(2)14-7-6-10-16(11-14,12-18)17-15-8-4-3-5-9-15/h3-5,8-9,13-14,17-18H,6-7,10-12H2,1-2H3. The molecule has 1 aliphatic rings. The Morgan fingerprint density at radius 3 is 2.67 bits per heavy atom. The van der Waals surface area contributed by atoms with Crippen molar-refractivity contribution in [2.24, 2.45) is 11.8 Å². The van der Waals surface area contributed by atoms with Gasteiger partial charge in [-0.2, -0.15) is 0 Å². The van der Waals surface area contributed by atoms with Crippen LogP contribution in [-0.2, 0) is 0 Å². The summed E-state index contributed by atoms with van der Waals surface area (Å²) in [6.07, 6.45) is 4.66. The summed E-state index contributed by atoms with van der Waals surface area (Å²) in [5.74, 6) is 1.43. The molecule has 0 spiro atoms. The van der Waals surface area contributed by atoms with Crippen LogP contribution in [0.4, 0.5) is 5.69 Å². The van der Waals surface area contributed by atoms with Gasteiger partial charge >= 0.3 is 0 Å². The molecule has 0 heterocycles. The van der Waals surface area contributed by atoms with E-state index < -0.39 is 0 Å². The van der Waals surface area contributed by atoms with Crippen molar-refractivity contribution in [3.05, 3.63) is 30.3 Å². The molecule has 0 amide bonds. The van der Waals surface area contributed by atoms with Gasteiger partial charge in [0.05, 0.1) is 12.1 Å². The summed E-state index contributed by atoms with van der Waals surface area (Å²) >= 11 is 0. The van der Waals surface area contributed by atoms with E-state index in [4.69, 9.17) is 0 Å². The van der Waals surface area contributed by atoms with Gasteiger partial charge in [0.15, 0.2) is 0 Å². The first kappa shape index (κ1) is 13.4. The highest BCUT2D eigenvalue weighted by Crippen LogP contribution is 2.38. The average molecular weight is 247 g/mol. The number of hydrogen-bond donors (Lipinski definition) is 2. The van der Waals surface area contributed by atoms with Crippen LogP contribution >= 0.6 is 0 Å². The molecule has 100 valence electrons. The van der Waals surface area contributed by atoms with Crippen LogP contribution in [0, 0.1) is 11.8 Å². The van der Waals surface area contributed by atoms with Crippen molar-refractivity contribution < 1.29 is 5.11 Å². The van der Waals surface area contributed by atoms with E-state index in [1.54, 1.807) is 0 Å². The summed E-state index contributed by atoms with van der Waals surface area (Å²) < 4.78 is 0. The molecule has 1 aliphatic carbocycles. The quantitative estimate of drug-likeness (QED) is 0.850. The second-order valence-electron chi connectivity index (χ2n) is 6.03. The highest BCUT2D eigenvalue weighted by Gasteiger charge is 2.36. The smallest absolute Gasteiger partial charge is 0.0661 e. The van der Waals surface area contributed by atoms with Crippen molar-refractivity contribution >= 4 is 5.69 Å². The minimum absolute atomic E-state index is 0.117. The zero-order chi connectivity index (χ0) is 13.0. The van der Waals surface area contributed by atoms with E-state index in [0.717, 1.165) is 24.4 Å². The number of anilines is 1. The van der Waals surface area contributed by atoms with E-state index in [2.05, 4.69) is 31.3 Å². The largest absolute Gasteiger partial charge is 0.394 e. The van der Waals surface area contributed by atoms with Crippen molar-refractivity contribution in [2.45, 2.75) is 45.1 Å². The van der Waals surface area contributed by atoms with Gasteiger partial charge < -0.3 is 10.4 Å². The van der Waals surface area contributed by atoms with Crippen molar-refractivity contribution in [3.8, 4) is 0 Å². The number of aliphatic hydroxyl groups is 1. The van der Waals surface area contributed by atoms with Gasteiger partial charge in [0.2, 0.25) is 0 Å². The molecule has 2 heteroatoms. The van der Waals surface area contributed by atoms with E-state index in [-0.39, 0.29) is 12.1 Å². The molecule has 2 nitrogen and oxygen atoms in total. The molecular formula is C16H25NO. The van der Waals surface area contributed by atoms with Gasteiger partial charge in [0.1, 0.15) is 0 Å². The van der Waals surface area contributed by atoms with E-state index in [1.165, 1.54) is 12.8 Å². The van der Waals surface area contributed by atoms with Crippen LogP contribution in [0.2, 0.25) is 0 Å². The van der Waals surface area contributed by atoms with Gasteiger partial charge in [-0.25, -0.2) is 0 Å². The van der Waals surface area contributed by atoms with Gasteiger partial charge in [-0.3, -0.25) is 0 Å². The highest BCUT2D eigenvalue weighted by atomic mass is 16.3. The summed E-state index contributed by atoms with van der Waals surface area (Å²) in [7, 11) is 0. The van der Waals surface area contributed by atoms with Gasteiger partial charge in [0.25, 0.3) is 0 Å². The van der Waals surface area contributed by atoms with Crippen molar-refractivity contribution in [2.75, 3.05) is 11.9 Å². The maximum Gasteiger partial charge on any atom is 0.0661 e. The van der Waals surface area contributed by atoms with Crippen LogP contribution in [0.3, 0.4) is 0 Å². The van der Waals surface area contributed by atoms with E-state index >= 15 is 0 Å². The predicted molar refractivity (Wildman–Crippen MR) is 76.7 cm³/mol. The highest BCUT2D eigenvalue weighted by molar-refractivity contribution is 5.45. The Morgan fingerprint density at radius 1 is 1.33 bits per heavy atom.